The Bertz CT molecular complexity index is 865. The van der Waals surface area contributed by atoms with E-state index in [-0.39, 0.29) is 12.5 Å². The van der Waals surface area contributed by atoms with Gasteiger partial charge in [0, 0.05) is 38.9 Å². The van der Waals surface area contributed by atoms with E-state index in [2.05, 4.69) is 17.0 Å². The van der Waals surface area contributed by atoms with Gasteiger partial charge in [-0.05, 0) is 55.1 Å². The molecule has 3 heterocycles. The molecule has 30 heavy (non-hydrogen) atoms. The van der Waals surface area contributed by atoms with Crippen molar-refractivity contribution < 1.29 is 23.8 Å². The number of carbonyl (C=O) groups is 1. The first-order valence-electron chi connectivity index (χ1n) is 10.6. The van der Waals surface area contributed by atoms with E-state index in [0.29, 0.717) is 43.7 Å². The molecule has 7 nitrogen and oxygen atoms in total. The minimum atomic E-state index is -0.138. The normalized spacial score (nSPS) is 19.8. The minimum absolute atomic E-state index is 0.138. The Kier molecular flexibility index (Phi) is 6.72. The van der Waals surface area contributed by atoms with E-state index >= 15 is 0 Å². The van der Waals surface area contributed by atoms with Gasteiger partial charge in [-0.15, -0.1) is 0 Å². The number of aliphatic hydroxyl groups is 1. The molecular weight excluding hydrogens is 384 g/mol. The van der Waals surface area contributed by atoms with Gasteiger partial charge in [-0.25, -0.2) is 0 Å². The van der Waals surface area contributed by atoms with Gasteiger partial charge in [-0.2, -0.15) is 0 Å². The first kappa shape index (κ1) is 20.9. The molecule has 162 valence electrons. The van der Waals surface area contributed by atoms with Crippen molar-refractivity contribution in [3.63, 3.8) is 0 Å². The van der Waals surface area contributed by atoms with E-state index in [1.807, 2.05) is 6.07 Å². The molecule has 1 N–H and O–H groups in total. The molecule has 1 atom stereocenters. The maximum Gasteiger partial charge on any atom is 0.289 e. The van der Waals surface area contributed by atoms with Crippen molar-refractivity contribution in [2.75, 3.05) is 40.0 Å². The fourth-order valence-corrected chi connectivity index (χ4v) is 4.29. The molecule has 1 saturated heterocycles. The van der Waals surface area contributed by atoms with Gasteiger partial charge < -0.3 is 23.9 Å². The fourth-order valence-electron chi connectivity index (χ4n) is 4.29. The Morgan fingerprint density at radius 3 is 3.00 bits per heavy atom. The molecule has 1 unspecified atom stereocenters. The highest BCUT2D eigenvalue weighted by atomic mass is 16.5. The number of methoxy groups -OCH3 is 1. The zero-order chi connectivity index (χ0) is 20.9. The highest BCUT2D eigenvalue weighted by Crippen LogP contribution is 2.27. The summed E-state index contributed by atoms with van der Waals surface area (Å²) >= 11 is 0. The number of rotatable bonds is 6. The molecule has 0 aliphatic carbocycles. The summed E-state index contributed by atoms with van der Waals surface area (Å²) in [5.41, 5.74) is 2.21. The summed E-state index contributed by atoms with van der Waals surface area (Å²) in [5, 5.41) is 9.48. The van der Waals surface area contributed by atoms with Crippen molar-refractivity contribution in [1.29, 1.82) is 0 Å². The number of ether oxygens (including phenoxy) is 2. The Balaban J connectivity index is 1.46. The van der Waals surface area contributed by atoms with Crippen molar-refractivity contribution in [2.24, 2.45) is 5.92 Å². The van der Waals surface area contributed by atoms with Crippen LogP contribution in [-0.4, -0.2) is 60.8 Å². The van der Waals surface area contributed by atoms with E-state index in [4.69, 9.17) is 13.9 Å². The van der Waals surface area contributed by atoms with Gasteiger partial charge >= 0.3 is 0 Å². The average molecular weight is 415 g/mol. The third kappa shape index (κ3) is 4.86. The monoisotopic (exact) mass is 414 g/mol. The molecule has 0 spiro atoms. The molecule has 1 fully saturated rings. The standard InChI is InChI=1S/C23H30N2O5/c1-28-16-20-5-7-22(30-20)23(27)25-9-10-29-21-6-4-17(11-19(21)14-25)12-24-8-2-3-18(13-24)15-26/h4-7,11,18,26H,2-3,8-10,12-16H2,1H3. The Labute approximate surface area is 177 Å². The van der Waals surface area contributed by atoms with Crippen LogP contribution in [0, 0.1) is 5.92 Å². The van der Waals surface area contributed by atoms with Crippen molar-refractivity contribution >= 4 is 5.91 Å². The number of benzene rings is 1. The fraction of sp³-hybridized carbons (Fsp3) is 0.522. The maximum atomic E-state index is 13.0. The first-order valence-corrected chi connectivity index (χ1v) is 10.6. The van der Waals surface area contributed by atoms with Gasteiger partial charge in [-0.3, -0.25) is 9.69 Å². The van der Waals surface area contributed by atoms with Crippen LogP contribution in [0.3, 0.4) is 0 Å². The van der Waals surface area contributed by atoms with E-state index in [1.165, 1.54) is 5.56 Å². The van der Waals surface area contributed by atoms with Crippen molar-refractivity contribution in [3.05, 3.63) is 53.0 Å². The molecule has 1 amide bonds. The lowest BCUT2D eigenvalue weighted by Gasteiger charge is -2.32. The summed E-state index contributed by atoms with van der Waals surface area (Å²) in [5.74, 6) is 2.02. The maximum absolute atomic E-state index is 13.0. The highest BCUT2D eigenvalue weighted by molar-refractivity contribution is 5.91. The molecular formula is C23H30N2O5. The summed E-state index contributed by atoms with van der Waals surface area (Å²) in [6, 6.07) is 9.73. The SMILES string of the molecule is COCc1ccc(C(=O)N2CCOc3ccc(CN4CCCC(CO)C4)cc3C2)o1. The molecule has 2 aliphatic rings. The lowest BCUT2D eigenvalue weighted by atomic mass is 9.98. The van der Waals surface area contributed by atoms with E-state index < -0.39 is 0 Å². The second-order valence-corrected chi connectivity index (χ2v) is 8.14. The number of aliphatic hydroxyl groups excluding tert-OH is 1. The zero-order valence-electron chi connectivity index (χ0n) is 17.5. The zero-order valence-corrected chi connectivity index (χ0v) is 17.5. The van der Waals surface area contributed by atoms with Gasteiger partial charge in [0.1, 0.15) is 24.7 Å². The number of furan rings is 1. The predicted octanol–water partition coefficient (Wildman–Crippen LogP) is 2.67. The van der Waals surface area contributed by atoms with Gasteiger partial charge in [0.25, 0.3) is 5.91 Å². The summed E-state index contributed by atoms with van der Waals surface area (Å²) in [4.78, 5) is 17.1. The average Bonchev–Trinajstić information content (AvgIpc) is 3.12. The smallest absolute Gasteiger partial charge is 0.289 e. The molecule has 7 heteroatoms. The molecule has 0 saturated carbocycles. The summed E-state index contributed by atoms with van der Waals surface area (Å²) < 4.78 is 16.6. The van der Waals surface area contributed by atoms with Crippen LogP contribution in [-0.2, 0) is 24.4 Å². The van der Waals surface area contributed by atoms with Crippen LogP contribution in [0.2, 0.25) is 0 Å². The van der Waals surface area contributed by atoms with Gasteiger partial charge in [0.2, 0.25) is 0 Å². The van der Waals surface area contributed by atoms with Gasteiger partial charge in [0.15, 0.2) is 5.76 Å². The molecule has 2 aromatic rings. The van der Waals surface area contributed by atoms with Crippen LogP contribution < -0.4 is 4.74 Å². The lowest BCUT2D eigenvalue weighted by Crippen LogP contribution is -2.36. The van der Waals surface area contributed by atoms with Crippen LogP contribution in [0.25, 0.3) is 0 Å². The number of amides is 1. The lowest BCUT2D eigenvalue weighted by molar-refractivity contribution is 0.0693. The van der Waals surface area contributed by atoms with Crippen LogP contribution in [0.1, 0.15) is 40.3 Å². The van der Waals surface area contributed by atoms with Gasteiger partial charge in [-0.1, -0.05) is 6.07 Å². The third-order valence-corrected chi connectivity index (χ3v) is 5.82. The van der Waals surface area contributed by atoms with Crippen molar-refractivity contribution in [2.45, 2.75) is 32.5 Å². The van der Waals surface area contributed by atoms with Crippen LogP contribution in [0.4, 0.5) is 0 Å². The number of piperidine rings is 1. The largest absolute Gasteiger partial charge is 0.491 e. The molecule has 0 radical (unpaired) electrons. The van der Waals surface area contributed by atoms with Gasteiger partial charge in [0.05, 0.1) is 6.54 Å². The Morgan fingerprint density at radius 1 is 1.27 bits per heavy atom. The quantitative estimate of drug-likeness (QED) is 0.783. The Morgan fingerprint density at radius 2 is 2.17 bits per heavy atom. The first-order chi connectivity index (χ1) is 14.7. The van der Waals surface area contributed by atoms with Crippen molar-refractivity contribution in [3.8, 4) is 5.75 Å². The Hall–Kier alpha value is -2.35. The molecule has 1 aromatic carbocycles. The summed E-state index contributed by atoms with van der Waals surface area (Å²) in [6.45, 7) is 4.87. The number of likely N-dealkylation sites (tertiary alicyclic amines) is 1. The number of fused-ring (bicyclic) bond motifs is 1. The van der Waals surface area contributed by atoms with E-state index in [9.17, 15) is 9.90 Å². The van der Waals surface area contributed by atoms with E-state index in [1.54, 1.807) is 24.1 Å². The second kappa shape index (κ2) is 9.64. The number of nitrogens with zero attached hydrogens (tertiary/aromatic N) is 2. The second-order valence-electron chi connectivity index (χ2n) is 8.14. The topological polar surface area (TPSA) is 75.4 Å². The molecule has 0 bridgehead atoms. The summed E-state index contributed by atoms with van der Waals surface area (Å²) in [7, 11) is 1.60. The van der Waals surface area contributed by atoms with Crippen molar-refractivity contribution in [1.82, 2.24) is 9.80 Å². The minimum Gasteiger partial charge on any atom is -0.491 e. The predicted molar refractivity (Wildman–Crippen MR) is 111 cm³/mol. The summed E-state index contributed by atoms with van der Waals surface area (Å²) in [6.07, 6.45) is 2.22. The van der Waals surface area contributed by atoms with Crippen LogP contribution >= 0.6 is 0 Å². The van der Waals surface area contributed by atoms with E-state index in [0.717, 1.165) is 43.8 Å². The highest BCUT2D eigenvalue weighted by Gasteiger charge is 2.24. The number of hydrogen-bond donors (Lipinski definition) is 1. The molecule has 1 aromatic heterocycles. The van der Waals surface area contributed by atoms with Crippen LogP contribution in [0.15, 0.2) is 34.7 Å². The number of carbonyl (C=O) groups excluding carboxylic acids is 1. The molecule has 2 aliphatic heterocycles. The van der Waals surface area contributed by atoms with Crippen LogP contribution in [0.5, 0.6) is 5.75 Å². The number of hydrogen-bond acceptors (Lipinski definition) is 6. The third-order valence-electron chi connectivity index (χ3n) is 5.82. The molecule has 4 rings (SSSR count).